The van der Waals surface area contributed by atoms with Gasteiger partial charge in [-0.1, -0.05) is 20.8 Å². The fraction of sp³-hybridized carbons (Fsp3) is 0.938. The second-order valence-corrected chi connectivity index (χ2v) is 6.85. The zero-order chi connectivity index (χ0) is 14.6. The summed E-state index contributed by atoms with van der Waals surface area (Å²) in [5.41, 5.74) is 0. The summed E-state index contributed by atoms with van der Waals surface area (Å²) >= 11 is 0. The molecule has 3 heteroatoms. The molecule has 2 atom stereocenters. The first-order chi connectivity index (χ1) is 8.82. The minimum Gasteiger partial charge on any atom is -0.342 e. The van der Waals surface area contributed by atoms with E-state index in [0.29, 0.717) is 18.5 Å². The molecule has 0 spiro atoms. The van der Waals surface area contributed by atoms with Gasteiger partial charge in [-0.15, -0.1) is 0 Å². The summed E-state index contributed by atoms with van der Waals surface area (Å²) in [4.78, 5) is 16.6. The van der Waals surface area contributed by atoms with Gasteiger partial charge in [0, 0.05) is 19.1 Å². The molecule has 19 heavy (non-hydrogen) atoms. The van der Waals surface area contributed by atoms with Crippen LogP contribution in [0.2, 0.25) is 0 Å². The van der Waals surface area contributed by atoms with Crippen molar-refractivity contribution in [3.8, 4) is 0 Å². The monoisotopic (exact) mass is 268 g/mol. The van der Waals surface area contributed by atoms with E-state index in [4.69, 9.17) is 0 Å². The van der Waals surface area contributed by atoms with Crippen LogP contribution in [0.3, 0.4) is 0 Å². The summed E-state index contributed by atoms with van der Waals surface area (Å²) in [5, 5.41) is 0. The highest BCUT2D eigenvalue weighted by molar-refractivity contribution is 5.78. The molecular weight excluding hydrogens is 236 g/mol. The van der Waals surface area contributed by atoms with E-state index in [2.05, 4.69) is 39.5 Å². The SMILES string of the molecule is CC1CCC(C(C)C)N(CC(=O)N(C)C(C)C)CC1. The van der Waals surface area contributed by atoms with Crippen molar-refractivity contribution in [3.63, 3.8) is 0 Å². The molecule has 1 heterocycles. The van der Waals surface area contributed by atoms with Gasteiger partial charge in [0.05, 0.1) is 6.54 Å². The molecular formula is C16H32N2O. The van der Waals surface area contributed by atoms with E-state index in [9.17, 15) is 4.79 Å². The summed E-state index contributed by atoms with van der Waals surface area (Å²) in [7, 11) is 1.91. The molecule has 0 N–H and O–H groups in total. The van der Waals surface area contributed by atoms with E-state index in [1.807, 2.05) is 11.9 Å². The van der Waals surface area contributed by atoms with Crippen LogP contribution in [0.5, 0.6) is 0 Å². The number of hydrogen-bond acceptors (Lipinski definition) is 2. The molecule has 1 rings (SSSR count). The van der Waals surface area contributed by atoms with Gasteiger partial charge in [-0.05, 0) is 51.5 Å². The van der Waals surface area contributed by atoms with Crippen molar-refractivity contribution in [1.82, 2.24) is 9.80 Å². The van der Waals surface area contributed by atoms with Crippen molar-refractivity contribution in [2.75, 3.05) is 20.1 Å². The van der Waals surface area contributed by atoms with Gasteiger partial charge in [0.1, 0.15) is 0 Å². The van der Waals surface area contributed by atoms with Crippen molar-refractivity contribution >= 4 is 5.91 Å². The summed E-state index contributed by atoms with van der Waals surface area (Å²) in [5.74, 6) is 1.68. The van der Waals surface area contributed by atoms with Crippen LogP contribution >= 0.6 is 0 Å². The normalized spacial score (nSPS) is 25.7. The molecule has 1 aliphatic heterocycles. The quantitative estimate of drug-likeness (QED) is 0.782. The second kappa shape index (κ2) is 7.28. The predicted octanol–water partition coefficient (Wildman–Crippen LogP) is 3.00. The van der Waals surface area contributed by atoms with Gasteiger partial charge >= 0.3 is 0 Å². The van der Waals surface area contributed by atoms with E-state index in [0.717, 1.165) is 12.5 Å². The predicted molar refractivity (Wildman–Crippen MR) is 81.1 cm³/mol. The lowest BCUT2D eigenvalue weighted by Crippen LogP contribution is -2.46. The van der Waals surface area contributed by atoms with Gasteiger partial charge in [-0.3, -0.25) is 9.69 Å². The lowest BCUT2D eigenvalue weighted by molar-refractivity contribution is -0.133. The van der Waals surface area contributed by atoms with Crippen LogP contribution in [0.15, 0.2) is 0 Å². The van der Waals surface area contributed by atoms with E-state index in [-0.39, 0.29) is 11.9 Å². The van der Waals surface area contributed by atoms with Gasteiger partial charge in [0.15, 0.2) is 0 Å². The van der Waals surface area contributed by atoms with E-state index >= 15 is 0 Å². The minimum absolute atomic E-state index is 0.259. The van der Waals surface area contributed by atoms with Crippen molar-refractivity contribution in [3.05, 3.63) is 0 Å². The number of amides is 1. The van der Waals surface area contributed by atoms with Gasteiger partial charge in [-0.2, -0.15) is 0 Å². The molecule has 0 aromatic carbocycles. The fourth-order valence-electron chi connectivity index (χ4n) is 2.86. The van der Waals surface area contributed by atoms with Crippen LogP contribution in [0.1, 0.15) is 53.9 Å². The zero-order valence-electron chi connectivity index (χ0n) is 13.6. The third kappa shape index (κ3) is 4.79. The summed E-state index contributed by atoms with van der Waals surface area (Å²) in [6, 6.07) is 0.852. The topological polar surface area (TPSA) is 23.6 Å². The lowest BCUT2D eigenvalue weighted by Gasteiger charge is -2.34. The van der Waals surface area contributed by atoms with Crippen LogP contribution in [-0.2, 0) is 4.79 Å². The molecule has 112 valence electrons. The van der Waals surface area contributed by atoms with Crippen LogP contribution in [-0.4, -0.2) is 47.9 Å². The maximum Gasteiger partial charge on any atom is 0.236 e. The van der Waals surface area contributed by atoms with E-state index in [1.165, 1.54) is 19.3 Å². The lowest BCUT2D eigenvalue weighted by atomic mass is 9.95. The minimum atomic E-state index is 0.259. The molecule has 0 aromatic rings. The van der Waals surface area contributed by atoms with Crippen molar-refractivity contribution < 1.29 is 4.79 Å². The Morgan fingerprint density at radius 2 is 1.84 bits per heavy atom. The Morgan fingerprint density at radius 3 is 2.37 bits per heavy atom. The summed E-state index contributed by atoms with van der Waals surface area (Å²) in [6.45, 7) is 12.7. The zero-order valence-corrected chi connectivity index (χ0v) is 13.6. The molecule has 0 saturated carbocycles. The number of likely N-dealkylation sites (N-methyl/N-ethyl adjacent to an activating group) is 1. The van der Waals surface area contributed by atoms with Gasteiger partial charge in [0.2, 0.25) is 5.91 Å². The average Bonchev–Trinajstić information content (AvgIpc) is 2.50. The van der Waals surface area contributed by atoms with Gasteiger partial charge in [0.25, 0.3) is 0 Å². The fourth-order valence-corrected chi connectivity index (χ4v) is 2.86. The first kappa shape index (κ1) is 16.5. The molecule has 0 aromatic heterocycles. The van der Waals surface area contributed by atoms with E-state index < -0.39 is 0 Å². The number of nitrogens with zero attached hydrogens (tertiary/aromatic N) is 2. The number of likely N-dealkylation sites (tertiary alicyclic amines) is 1. The number of rotatable bonds is 4. The third-order valence-corrected chi connectivity index (χ3v) is 4.61. The highest BCUT2D eigenvalue weighted by atomic mass is 16.2. The Bertz CT molecular complexity index is 288. The molecule has 0 bridgehead atoms. The first-order valence-corrected chi connectivity index (χ1v) is 7.82. The van der Waals surface area contributed by atoms with Crippen LogP contribution in [0.25, 0.3) is 0 Å². The molecule has 0 aliphatic carbocycles. The second-order valence-electron chi connectivity index (χ2n) is 6.85. The third-order valence-electron chi connectivity index (χ3n) is 4.61. The Kier molecular flexibility index (Phi) is 6.31. The van der Waals surface area contributed by atoms with Crippen molar-refractivity contribution in [2.24, 2.45) is 11.8 Å². The maximum atomic E-state index is 12.3. The Hall–Kier alpha value is -0.570. The Morgan fingerprint density at radius 1 is 1.21 bits per heavy atom. The summed E-state index contributed by atoms with van der Waals surface area (Å²) in [6.07, 6.45) is 3.76. The molecule has 1 saturated heterocycles. The van der Waals surface area contributed by atoms with E-state index in [1.54, 1.807) is 0 Å². The molecule has 1 fully saturated rings. The Labute approximate surface area is 119 Å². The van der Waals surface area contributed by atoms with Gasteiger partial charge < -0.3 is 4.90 Å². The van der Waals surface area contributed by atoms with Crippen LogP contribution in [0, 0.1) is 11.8 Å². The number of carbonyl (C=O) groups excluding carboxylic acids is 1. The molecule has 1 amide bonds. The highest BCUT2D eigenvalue weighted by Gasteiger charge is 2.28. The standard InChI is InChI=1S/C16H32N2O/c1-12(2)15-8-7-14(5)9-10-18(15)11-16(19)17(6)13(3)4/h12-15H,7-11H2,1-6H3. The number of hydrogen-bond donors (Lipinski definition) is 0. The molecule has 3 nitrogen and oxygen atoms in total. The number of carbonyl (C=O) groups is 1. The smallest absolute Gasteiger partial charge is 0.236 e. The van der Waals surface area contributed by atoms with Crippen molar-refractivity contribution in [1.29, 1.82) is 0 Å². The van der Waals surface area contributed by atoms with Crippen LogP contribution in [0.4, 0.5) is 0 Å². The van der Waals surface area contributed by atoms with Crippen molar-refractivity contribution in [2.45, 2.75) is 66.0 Å². The molecule has 0 radical (unpaired) electrons. The van der Waals surface area contributed by atoms with Gasteiger partial charge in [-0.25, -0.2) is 0 Å². The molecule has 1 aliphatic rings. The highest BCUT2D eigenvalue weighted by Crippen LogP contribution is 2.25. The molecule has 2 unspecified atom stereocenters. The Balaban J connectivity index is 2.68. The summed E-state index contributed by atoms with van der Waals surface area (Å²) < 4.78 is 0. The maximum absolute atomic E-state index is 12.3. The average molecular weight is 268 g/mol. The first-order valence-electron chi connectivity index (χ1n) is 7.82. The van der Waals surface area contributed by atoms with Crippen LogP contribution < -0.4 is 0 Å². The largest absolute Gasteiger partial charge is 0.342 e.